The summed E-state index contributed by atoms with van der Waals surface area (Å²) in [5.41, 5.74) is 1.25. The molecule has 0 aromatic heterocycles. The van der Waals surface area contributed by atoms with E-state index in [0.29, 0.717) is 19.8 Å². The summed E-state index contributed by atoms with van der Waals surface area (Å²) in [6.07, 6.45) is -0.526. The molecule has 0 aliphatic carbocycles. The number of amides is 1. The number of rotatable bonds is 2. The van der Waals surface area contributed by atoms with Gasteiger partial charge in [0.25, 0.3) is 5.91 Å². The SMILES string of the molecule is CCSC1=NN2C(=c3ccccc3=NC2c2cc(Br)c(O)c(Br)c2)C(=O)N1. The van der Waals surface area contributed by atoms with Crippen LogP contribution in [0.25, 0.3) is 5.70 Å². The molecule has 2 aliphatic heterocycles. The molecule has 2 heterocycles. The van der Waals surface area contributed by atoms with Crippen molar-refractivity contribution < 1.29 is 9.90 Å². The highest BCUT2D eigenvalue weighted by Crippen LogP contribution is 2.38. The molecule has 2 N–H and O–H groups in total. The number of hydrazone groups is 1. The average molecular weight is 510 g/mol. The predicted octanol–water partition coefficient (Wildman–Crippen LogP) is 2.81. The van der Waals surface area contributed by atoms with Gasteiger partial charge in [-0.25, -0.2) is 5.01 Å². The van der Waals surface area contributed by atoms with E-state index in [2.05, 4.69) is 42.3 Å². The van der Waals surface area contributed by atoms with Crippen molar-refractivity contribution in [3.8, 4) is 5.75 Å². The number of carbonyl (C=O) groups excluding carboxylic acids is 1. The second-order valence-corrected chi connectivity index (χ2v) is 8.80. The summed E-state index contributed by atoms with van der Waals surface area (Å²) in [7, 11) is 0. The van der Waals surface area contributed by atoms with Crippen LogP contribution in [0.15, 0.2) is 55.4 Å². The molecular formula is C18H14Br2N4O2S. The van der Waals surface area contributed by atoms with Crippen molar-refractivity contribution in [3.63, 3.8) is 0 Å². The van der Waals surface area contributed by atoms with Crippen LogP contribution < -0.4 is 15.9 Å². The number of phenols is 1. The van der Waals surface area contributed by atoms with Crippen LogP contribution in [0.2, 0.25) is 0 Å². The number of para-hydroxylation sites is 1. The second kappa shape index (κ2) is 7.29. The van der Waals surface area contributed by atoms with E-state index in [9.17, 15) is 9.90 Å². The lowest BCUT2D eigenvalue weighted by Crippen LogP contribution is -2.50. The van der Waals surface area contributed by atoms with Crippen LogP contribution in [0.5, 0.6) is 5.75 Å². The number of aromatic hydroxyl groups is 1. The van der Waals surface area contributed by atoms with Gasteiger partial charge in [-0.05, 0) is 55.8 Å². The summed E-state index contributed by atoms with van der Waals surface area (Å²) in [6.45, 7) is 2.00. The summed E-state index contributed by atoms with van der Waals surface area (Å²) in [6, 6.07) is 11.1. The number of nitrogens with zero attached hydrogens (tertiary/aromatic N) is 3. The molecule has 1 atom stereocenters. The molecule has 27 heavy (non-hydrogen) atoms. The molecule has 2 aromatic rings. The van der Waals surface area contributed by atoms with Gasteiger partial charge in [-0.1, -0.05) is 36.9 Å². The Hall–Kier alpha value is -1.84. The summed E-state index contributed by atoms with van der Waals surface area (Å²) >= 11 is 8.19. The van der Waals surface area contributed by atoms with Gasteiger partial charge >= 0.3 is 0 Å². The molecule has 0 saturated heterocycles. The van der Waals surface area contributed by atoms with Crippen LogP contribution in [0.1, 0.15) is 18.7 Å². The minimum Gasteiger partial charge on any atom is -0.506 e. The normalized spacial score (nSPS) is 18.3. The number of halogens is 2. The fourth-order valence-electron chi connectivity index (χ4n) is 2.98. The van der Waals surface area contributed by atoms with E-state index in [4.69, 9.17) is 4.99 Å². The Kier molecular flexibility index (Phi) is 5.00. The lowest BCUT2D eigenvalue weighted by atomic mass is 10.1. The minimum atomic E-state index is -0.526. The maximum Gasteiger partial charge on any atom is 0.276 e. The van der Waals surface area contributed by atoms with Gasteiger partial charge in [0.05, 0.1) is 14.3 Å². The number of hydrogen-bond donors (Lipinski definition) is 2. The number of hydrogen-bond acceptors (Lipinski definition) is 6. The first-order valence-electron chi connectivity index (χ1n) is 8.16. The summed E-state index contributed by atoms with van der Waals surface area (Å²) in [5, 5.41) is 21.2. The standard InChI is InChI=1S/C18H14Br2N4O2S/c1-2-27-18-22-17(26)14-10-5-3-4-6-13(10)21-16(24(14)23-18)9-7-11(19)15(25)12(20)8-9/h3-8,16,25H,2H2,1H3,(H,22,23,26). The predicted molar refractivity (Wildman–Crippen MR) is 112 cm³/mol. The third-order valence-electron chi connectivity index (χ3n) is 4.13. The monoisotopic (exact) mass is 508 g/mol. The molecule has 0 bridgehead atoms. The quantitative estimate of drug-likeness (QED) is 0.652. The average Bonchev–Trinajstić information content (AvgIpc) is 2.65. The first-order valence-corrected chi connectivity index (χ1v) is 10.7. The summed E-state index contributed by atoms with van der Waals surface area (Å²) in [5.74, 6) is 0.697. The Bertz CT molecular complexity index is 1080. The van der Waals surface area contributed by atoms with Crippen molar-refractivity contribution in [1.29, 1.82) is 0 Å². The van der Waals surface area contributed by atoms with Crippen molar-refractivity contribution in [1.82, 2.24) is 10.3 Å². The fourth-order valence-corrected chi connectivity index (χ4v) is 4.79. The summed E-state index contributed by atoms with van der Waals surface area (Å²) < 4.78 is 1.08. The number of benzene rings is 2. The van der Waals surface area contributed by atoms with Gasteiger partial charge in [-0.15, -0.1) is 5.10 Å². The highest BCUT2D eigenvalue weighted by molar-refractivity contribution is 9.11. The van der Waals surface area contributed by atoms with Gasteiger partial charge in [0.2, 0.25) is 0 Å². The zero-order chi connectivity index (χ0) is 19.1. The van der Waals surface area contributed by atoms with Crippen LogP contribution in [0, 0.1) is 0 Å². The van der Waals surface area contributed by atoms with Gasteiger partial charge in [-0.3, -0.25) is 15.1 Å². The third-order valence-corrected chi connectivity index (χ3v) is 6.09. The van der Waals surface area contributed by atoms with Crippen LogP contribution in [-0.2, 0) is 4.79 Å². The molecule has 2 aliphatic rings. The molecule has 6 nitrogen and oxygen atoms in total. The number of thioether (sulfide) groups is 1. The highest BCUT2D eigenvalue weighted by Gasteiger charge is 2.34. The van der Waals surface area contributed by atoms with E-state index < -0.39 is 6.17 Å². The molecule has 2 aromatic carbocycles. The number of nitrogens with one attached hydrogen (secondary N) is 1. The number of fused-ring (bicyclic) bond motifs is 2. The molecule has 0 saturated carbocycles. The van der Waals surface area contributed by atoms with Crippen molar-refractivity contribution >= 4 is 60.4 Å². The van der Waals surface area contributed by atoms with Crippen LogP contribution >= 0.6 is 43.6 Å². The number of phenolic OH excluding ortho intramolecular Hbond substituents is 1. The van der Waals surface area contributed by atoms with Gasteiger partial charge in [0, 0.05) is 10.8 Å². The van der Waals surface area contributed by atoms with Crippen LogP contribution in [0.4, 0.5) is 0 Å². The molecule has 1 unspecified atom stereocenters. The molecule has 1 amide bonds. The van der Waals surface area contributed by atoms with Crippen molar-refractivity contribution in [2.45, 2.75) is 13.1 Å². The van der Waals surface area contributed by atoms with Gasteiger partial charge in [0.15, 0.2) is 11.3 Å². The van der Waals surface area contributed by atoms with Crippen molar-refractivity contribution in [2.75, 3.05) is 5.75 Å². The zero-order valence-electron chi connectivity index (χ0n) is 14.1. The molecule has 0 spiro atoms. The first kappa shape index (κ1) is 18.5. The molecule has 138 valence electrons. The number of carbonyl (C=O) groups is 1. The van der Waals surface area contributed by atoms with E-state index in [1.54, 1.807) is 17.1 Å². The first-order chi connectivity index (χ1) is 13.0. The Balaban J connectivity index is 1.96. The Morgan fingerprint density at radius 1 is 1.26 bits per heavy atom. The van der Waals surface area contributed by atoms with E-state index in [1.165, 1.54) is 11.8 Å². The Morgan fingerprint density at radius 2 is 1.96 bits per heavy atom. The smallest absolute Gasteiger partial charge is 0.276 e. The van der Waals surface area contributed by atoms with Crippen molar-refractivity contribution in [2.24, 2.45) is 10.1 Å². The largest absolute Gasteiger partial charge is 0.506 e. The molecule has 0 fully saturated rings. The van der Waals surface area contributed by atoms with E-state index in [1.807, 2.05) is 31.2 Å². The van der Waals surface area contributed by atoms with Gasteiger partial charge in [-0.2, -0.15) is 0 Å². The zero-order valence-corrected chi connectivity index (χ0v) is 18.1. The van der Waals surface area contributed by atoms with Gasteiger partial charge in [0.1, 0.15) is 11.4 Å². The summed E-state index contributed by atoms with van der Waals surface area (Å²) in [4.78, 5) is 17.7. The van der Waals surface area contributed by atoms with E-state index in [-0.39, 0.29) is 11.7 Å². The minimum absolute atomic E-state index is 0.112. The molecular weight excluding hydrogens is 496 g/mol. The molecule has 4 rings (SSSR count). The lowest BCUT2D eigenvalue weighted by molar-refractivity contribution is -0.116. The third kappa shape index (κ3) is 3.28. The Morgan fingerprint density at radius 3 is 2.67 bits per heavy atom. The maximum atomic E-state index is 12.9. The molecule has 9 heteroatoms. The topological polar surface area (TPSA) is 77.3 Å². The second-order valence-electron chi connectivity index (χ2n) is 5.84. The van der Waals surface area contributed by atoms with E-state index >= 15 is 0 Å². The van der Waals surface area contributed by atoms with Crippen molar-refractivity contribution in [3.05, 3.63) is 61.5 Å². The lowest BCUT2D eigenvalue weighted by Gasteiger charge is -2.34. The van der Waals surface area contributed by atoms with Crippen LogP contribution in [0.3, 0.4) is 0 Å². The fraction of sp³-hybridized carbons (Fsp3) is 0.167. The highest BCUT2D eigenvalue weighted by atomic mass is 79.9. The maximum absolute atomic E-state index is 12.9. The van der Waals surface area contributed by atoms with E-state index in [0.717, 1.165) is 21.9 Å². The molecule has 0 radical (unpaired) electrons. The Labute approximate surface area is 176 Å². The van der Waals surface area contributed by atoms with Gasteiger partial charge < -0.3 is 5.11 Å². The number of amidine groups is 1. The van der Waals surface area contributed by atoms with Crippen LogP contribution in [-0.4, -0.2) is 26.9 Å².